The van der Waals surface area contributed by atoms with Crippen molar-refractivity contribution in [1.29, 1.82) is 0 Å². The minimum atomic E-state index is 0. The van der Waals surface area contributed by atoms with Crippen LogP contribution in [0.15, 0.2) is 42.5 Å². The maximum atomic E-state index is 12.6. The molecule has 0 bridgehead atoms. The van der Waals surface area contributed by atoms with Gasteiger partial charge in [0.15, 0.2) is 0 Å². The number of quaternary nitrogens is 1. The minimum Gasteiger partial charge on any atom is -1.00 e. The lowest BCUT2D eigenvalue weighted by Crippen LogP contribution is -3.12. The first-order valence-electron chi connectivity index (χ1n) is 8.26. The van der Waals surface area contributed by atoms with Crippen LogP contribution in [0.5, 0.6) is 0 Å². The van der Waals surface area contributed by atoms with E-state index in [1.54, 1.807) is 11.3 Å². The van der Waals surface area contributed by atoms with Crippen molar-refractivity contribution in [2.45, 2.75) is 13.8 Å². The van der Waals surface area contributed by atoms with Gasteiger partial charge in [-0.3, -0.25) is 4.79 Å². The van der Waals surface area contributed by atoms with Gasteiger partial charge < -0.3 is 22.6 Å². The van der Waals surface area contributed by atoms with Gasteiger partial charge in [0.2, 0.25) is 0 Å². The molecule has 0 spiro atoms. The highest BCUT2D eigenvalue weighted by molar-refractivity contribution is 7.26. The molecule has 3 nitrogen and oxygen atoms in total. The number of nitrogens with one attached hydrogen (secondary N) is 2. The van der Waals surface area contributed by atoms with Crippen molar-refractivity contribution in [1.82, 2.24) is 5.32 Å². The van der Waals surface area contributed by atoms with Crippen LogP contribution in [0, 0.1) is 0 Å². The molecule has 0 radical (unpaired) electrons. The first kappa shape index (κ1) is 18.7. The van der Waals surface area contributed by atoms with Gasteiger partial charge in [-0.25, -0.2) is 0 Å². The Morgan fingerprint density at radius 1 is 1.04 bits per heavy atom. The van der Waals surface area contributed by atoms with Crippen LogP contribution in [0.3, 0.4) is 0 Å². The van der Waals surface area contributed by atoms with E-state index in [0.29, 0.717) is 0 Å². The molecule has 128 valence electrons. The Hall–Kier alpha value is -1.62. The van der Waals surface area contributed by atoms with Crippen LogP contribution in [0.4, 0.5) is 0 Å². The Bertz CT molecular complexity index is 826. The molecule has 0 unspecified atom stereocenters. The molecule has 0 saturated carbocycles. The minimum absolute atomic E-state index is 0. The molecular formula is C19H23ClN2OS. The van der Waals surface area contributed by atoms with Crippen LogP contribution in [0.1, 0.15) is 24.2 Å². The summed E-state index contributed by atoms with van der Waals surface area (Å²) >= 11 is 1.70. The van der Waals surface area contributed by atoms with Crippen LogP contribution in [-0.2, 0) is 0 Å². The smallest absolute Gasteiger partial charge is 0.252 e. The van der Waals surface area contributed by atoms with E-state index >= 15 is 0 Å². The zero-order valence-corrected chi connectivity index (χ0v) is 15.6. The van der Waals surface area contributed by atoms with E-state index in [9.17, 15) is 4.79 Å². The van der Waals surface area contributed by atoms with Crippen molar-refractivity contribution in [3.8, 4) is 0 Å². The second-order valence-electron chi connectivity index (χ2n) is 5.74. The van der Waals surface area contributed by atoms with Crippen molar-refractivity contribution in [3.63, 3.8) is 0 Å². The Labute approximate surface area is 153 Å². The van der Waals surface area contributed by atoms with Gasteiger partial charge in [0.1, 0.15) is 0 Å². The molecule has 1 amide bonds. The number of benzene rings is 2. The molecule has 0 atom stereocenters. The first-order valence-corrected chi connectivity index (χ1v) is 9.08. The van der Waals surface area contributed by atoms with Crippen LogP contribution >= 0.6 is 11.3 Å². The molecule has 0 saturated heterocycles. The first-order chi connectivity index (χ1) is 11.2. The Kier molecular flexibility index (Phi) is 6.60. The molecular weight excluding hydrogens is 340 g/mol. The van der Waals surface area contributed by atoms with Gasteiger partial charge in [0.25, 0.3) is 5.91 Å². The molecule has 1 heterocycles. The number of carbonyl (C=O) groups is 1. The van der Waals surface area contributed by atoms with E-state index in [1.807, 2.05) is 24.3 Å². The maximum absolute atomic E-state index is 12.6. The summed E-state index contributed by atoms with van der Waals surface area (Å²) in [5.41, 5.74) is 0.790. The average molecular weight is 363 g/mol. The highest BCUT2D eigenvalue weighted by atomic mass is 35.5. The van der Waals surface area contributed by atoms with E-state index in [1.165, 1.54) is 20.4 Å². The lowest BCUT2D eigenvalue weighted by atomic mass is 10.1. The third-order valence-corrected chi connectivity index (χ3v) is 5.63. The normalized spacial score (nSPS) is 11.0. The maximum Gasteiger partial charge on any atom is 0.252 e. The summed E-state index contributed by atoms with van der Waals surface area (Å²) in [5.74, 6) is 0.0358. The molecule has 0 aliphatic heterocycles. The number of carbonyl (C=O) groups excluding carboxylic acids is 1. The van der Waals surface area contributed by atoms with E-state index < -0.39 is 0 Å². The molecule has 1 aromatic heterocycles. The number of rotatable bonds is 6. The molecule has 0 fully saturated rings. The highest BCUT2D eigenvalue weighted by Crippen LogP contribution is 2.35. The predicted molar refractivity (Wildman–Crippen MR) is 98.6 cm³/mol. The fourth-order valence-electron chi connectivity index (χ4n) is 2.98. The fourth-order valence-corrected chi connectivity index (χ4v) is 4.19. The van der Waals surface area contributed by atoms with Crippen LogP contribution in [0.25, 0.3) is 20.2 Å². The number of likely N-dealkylation sites (N-methyl/N-ethyl adjacent to an activating group) is 1. The molecule has 5 heteroatoms. The third-order valence-electron chi connectivity index (χ3n) is 4.41. The Balaban J connectivity index is 0.00000208. The average Bonchev–Trinajstić information content (AvgIpc) is 2.97. The molecule has 3 rings (SSSR count). The van der Waals surface area contributed by atoms with Crippen molar-refractivity contribution >= 4 is 37.4 Å². The molecule has 2 N–H and O–H groups in total. The fraction of sp³-hybridized carbons (Fsp3) is 0.316. The van der Waals surface area contributed by atoms with E-state index in [4.69, 9.17) is 0 Å². The summed E-state index contributed by atoms with van der Waals surface area (Å²) in [6.45, 7) is 8.24. The summed E-state index contributed by atoms with van der Waals surface area (Å²) in [7, 11) is 0. The highest BCUT2D eigenvalue weighted by Gasteiger charge is 2.14. The molecule has 0 aliphatic rings. The lowest BCUT2D eigenvalue weighted by Gasteiger charge is -2.15. The summed E-state index contributed by atoms with van der Waals surface area (Å²) in [6.07, 6.45) is 0. The van der Waals surface area contributed by atoms with E-state index in [-0.39, 0.29) is 18.3 Å². The summed E-state index contributed by atoms with van der Waals surface area (Å²) in [4.78, 5) is 14.1. The quantitative estimate of drug-likeness (QED) is 0.621. The van der Waals surface area contributed by atoms with E-state index in [0.717, 1.165) is 36.4 Å². The van der Waals surface area contributed by atoms with E-state index in [2.05, 4.69) is 37.4 Å². The zero-order valence-electron chi connectivity index (χ0n) is 14.1. The second kappa shape index (κ2) is 8.47. The SMILES string of the molecule is CC[NH+](CC)CCNC(=O)c1cccc2c1sc1ccccc12.[Cl-]. The van der Waals surface area contributed by atoms with Gasteiger partial charge >= 0.3 is 0 Å². The van der Waals surface area contributed by atoms with Crippen LogP contribution < -0.4 is 22.6 Å². The van der Waals surface area contributed by atoms with Gasteiger partial charge in [-0.05, 0) is 26.0 Å². The predicted octanol–water partition coefficient (Wildman–Crippen LogP) is -0.287. The van der Waals surface area contributed by atoms with Gasteiger partial charge in [-0.15, -0.1) is 11.3 Å². The van der Waals surface area contributed by atoms with Gasteiger partial charge in [-0.1, -0.05) is 30.3 Å². The summed E-state index contributed by atoms with van der Waals surface area (Å²) in [6, 6.07) is 14.3. The third kappa shape index (κ3) is 3.72. The van der Waals surface area contributed by atoms with Crippen LogP contribution in [0.2, 0.25) is 0 Å². The number of fused-ring (bicyclic) bond motifs is 3. The number of thiophene rings is 1. The number of amides is 1. The topological polar surface area (TPSA) is 33.5 Å². The Morgan fingerprint density at radius 3 is 2.50 bits per heavy atom. The van der Waals surface area contributed by atoms with Crippen molar-refractivity contribution < 1.29 is 22.1 Å². The second-order valence-corrected chi connectivity index (χ2v) is 6.80. The van der Waals surface area contributed by atoms with Crippen LogP contribution in [-0.4, -0.2) is 32.1 Å². The molecule has 2 aromatic carbocycles. The largest absolute Gasteiger partial charge is 1.00 e. The number of hydrogen-bond acceptors (Lipinski definition) is 2. The van der Waals surface area contributed by atoms with Crippen molar-refractivity contribution in [2.75, 3.05) is 26.2 Å². The van der Waals surface area contributed by atoms with Gasteiger partial charge in [0, 0.05) is 20.2 Å². The van der Waals surface area contributed by atoms with Gasteiger partial charge in [-0.2, -0.15) is 0 Å². The lowest BCUT2D eigenvalue weighted by molar-refractivity contribution is -0.895. The number of hydrogen-bond donors (Lipinski definition) is 2. The standard InChI is InChI=1S/C19H22N2OS.ClH/c1-3-21(4-2)13-12-20-19(22)16-10-7-9-15-14-8-5-6-11-17(14)23-18(15)16;/h5-11H,3-4,12-13H2,1-2H3,(H,20,22);1H. The summed E-state index contributed by atoms with van der Waals surface area (Å²) in [5, 5.41) is 5.49. The molecule has 3 aromatic rings. The Morgan fingerprint density at radius 2 is 1.75 bits per heavy atom. The monoisotopic (exact) mass is 362 g/mol. The van der Waals surface area contributed by atoms with Gasteiger partial charge in [0.05, 0.1) is 31.7 Å². The zero-order chi connectivity index (χ0) is 16.2. The van der Waals surface area contributed by atoms with Crippen molar-refractivity contribution in [2.24, 2.45) is 0 Å². The molecule has 24 heavy (non-hydrogen) atoms. The number of halogens is 1. The van der Waals surface area contributed by atoms with Crippen molar-refractivity contribution in [3.05, 3.63) is 48.0 Å². The summed E-state index contributed by atoms with van der Waals surface area (Å²) < 4.78 is 2.32. The molecule has 0 aliphatic carbocycles.